The predicted octanol–water partition coefficient (Wildman–Crippen LogP) is -3.04. The zero-order chi connectivity index (χ0) is 18.3. The van der Waals surface area contributed by atoms with Crippen molar-refractivity contribution in [1.82, 2.24) is 0 Å². The summed E-state index contributed by atoms with van der Waals surface area (Å²) in [4.78, 5) is 11.2. The highest BCUT2D eigenvalue weighted by Gasteiger charge is 2.70. The van der Waals surface area contributed by atoms with Crippen LogP contribution in [0.1, 0.15) is 0 Å². The van der Waals surface area contributed by atoms with Crippen LogP contribution in [0.4, 0.5) is 0 Å². The van der Waals surface area contributed by atoms with Crippen molar-refractivity contribution in [2.45, 2.75) is 8.91 Å². The first-order chi connectivity index (χ1) is 9.45. The van der Waals surface area contributed by atoms with Crippen molar-refractivity contribution in [3.8, 4) is 0 Å². The van der Waals surface area contributed by atoms with Gasteiger partial charge in [0.2, 0.25) is 22.2 Å². The third-order valence-corrected chi connectivity index (χ3v) is 9.12. The van der Waals surface area contributed by atoms with Gasteiger partial charge in [-0.05, 0) is 0 Å². The lowest BCUT2D eigenvalue weighted by Crippen LogP contribution is -2.74. The summed E-state index contributed by atoms with van der Waals surface area (Å²) >= 11 is -7.68. The molecule has 0 aromatic carbocycles. The fourth-order valence-electron chi connectivity index (χ4n) is 1.80. The van der Waals surface area contributed by atoms with Gasteiger partial charge in [-0.3, -0.25) is 18.1 Å². The van der Waals surface area contributed by atoms with Gasteiger partial charge in [-0.15, -0.1) is 0 Å². The van der Waals surface area contributed by atoms with E-state index in [1.165, 1.54) is 0 Å². The first-order valence-corrected chi connectivity index (χ1v) is 9.84. The summed E-state index contributed by atoms with van der Waals surface area (Å²) in [6.45, 7) is 0. The third-order valence-electron chi connectivity index (χ3n) is 2.53. The highest BCUT2D eigenvalue weighted by Crippen LogP contribution is 2.34. The maximum Gasteiger partial charge on any atom is 0.398 e. The molecule has 0 aromatic rings. The van der Waals surface area contributed by atoms with Gasteiger partial charge in [-0.2, -0.15) is 8.42 Å². The summed E-state index contributed by atoms with van der Waals surface area (Å²) in [5.74, 6) is -2.56. The molecular formula is C5H11NO12S4. The highest BCUT2D eigenvalue weighted by molar-refractivity contribution is 8.04. The second kappa shape index (κ2) is 6.17. The number of hydrogen-bond donors (Lipinski definition) is 4. The van der Waals surface area contributed by atoms with Gasteiger partial charge in [0.15, 0.2) is 10.1 Å². The summed E-state index contributed by atoms with van der Waals surface area (Å²) in [5, 5.41) is 8.99. The van der Waals surface area contributed by atoms with Crippen molar-refractivity contribution in [2.24, 2.45) is 0 Å². The Kier molecular flexibility index (Phi) is 6.02. The van der Waals surface area contributed by atoms with Crippen molar-refractivity contribution in [1.29, 1.82) is 0 Å². The second-order valence-electron chi connectivity index (χ2n) is 4.24. The fraction of sp³-hybridized carbons (Fsp3) is 0.800. The molecule has 3 atom stereocenters. The summed E-state index contributed by atoms with van der Waals surface area (Å²) < 4.78 is 95.4. The number of likely N-dealkylation sites (N-methyl/N-ethyl adjacent to an activating group) is 1. The summed E-state index contributed by atoms with van der Waals surface area (Å²) in [7, 11) is -11.3. The highest BCUT2D eigenvalue weighted by atomic mass is 32.3. The number of carboxylic acids is 1. The number of hydrogen-bond acceptors (Lipinski definition) is 8. The molecule has 0 aliphatic rings. The predicted molar refractivity (Wildman–Crippen MR) is 69.1 cm³/mol. The van der Waals surface area contributed by atoms with Crippen LogP contribution in [-0.4, -0.2) is 82.0 Å². The van der Waals surface area contributed by atoms with Crippen molar-refractivity contribution in [2.75, 3.05) is 14.1 Å². The number of rotatable bonds is 7. The maximum atomic E-state index is 11.3. The number of carbonyl (C=O) groups is 1. The Hall–Kier alpha value is -0.530. The average molecular weight is 405 g/mol. The van der Waals surface area contributed by atoms with E-state index >= 15 is 0 Å². The zero-order valence-corrected chi connectivity index (χ0v) is 14.0. The van der Waals surface area contributed by atoms with E-state index in [2.05, 4.69) is 0 Å². The number of nitrogens with zero attached hydrogens (tertiary/aromatic N) is 1. The second-order valence-corrected chi connectivity index (χ2v) is 9.88. The van der Waals surface area contributed by atoms with Crippen LogP contribution in [0.5, 0.6) is 0 Å². The molecule has 132 valence electrons. The minimum absolute atomic E-state index is 0.296. The molecule has 0 amide bonds. The SMILES string of the molecule is C[N+](C)(C(S(=O)(=O)[O-])S(=O)(=O)O)C(C(=O)O)(S(=O)O)S(=O)O. The van der Waals surface area contributed by atoms with Gasteiger partial charge >= 0.3 is 25.0 Å². The molecule has 13 nitrogen and oxygen atoms in total. The smallest absolute Gasteiger partial charge is 0.398 e. The molecule has 0 aliphatic heterocycles. The lowest BCUT2D eigenvalue weighted by atomic mass is 10.5. The molecular weight excluding hydrogens is 394 g/mol. The topological polar surface area (TPSA) is 223 Å². The molecule has 0 rings (SSSR count). The summed E-state index contributed by atoms with van der Waals surface area (Å²) in [6.07, 6.45) is 0. The van der Waals surface area contributed by atoms with Crippen LogP contribution in [0.2, 0.25) is 0 Å². The van der Waals surface area contributed by atoms with Crippen LogP contribution < -0.4 is 0 Å². The Balaban J connectivity index is 7.04. The van der Waals surface area contributed by atoms with E-state index in [0.717, 1.165) is 0 Å². The molecule has 0 saturated carbocycles. The Morgan fingerprint density at radius 1 is 1.14 bits per heavy atom. The number of aliphatic carboxylic acids is 1. The zero-order valence-electron chi connectivity index (χ0n) is 10.7. The van der Waals surface area contributed by atoms with Gasteiger partial charge in [0.25, 0.3) is 0 Å². The van der Waals surface area contributed by atoms with Crippen molar-refractivity contribution in [3.63, 3.8) is 0 Å². The van der Waals surface area contributed by atoms with Gasteiger partial charge in [0.05, 0.1) is 14.1 Å². The van der Waals surface area contributed by atoms with Crippen LogP contribution in [0, 0.1) is 0 Å². The molecule has 17 heteroatoms. The van der Waals surface area contributed by atoms with Gasteiger partial charge in [-0.1, -0.05) is 0 Å². The molecule has 0 bridgehead atoms. The first-order valence-electron chi connectivity index (χ1n) is 4.65. The van der Waals surface area contributed by atoms with E-state index in [-0.39, 0.29) is 0 Å². The minimum Gasteiger partial charge on any atom is -0.743 e. The van der Waals surface area contributed by atoms with Crippen molar-refractivity contribution in [3.05, 3.63) is 0 Å². The normalized spacial score (nSPS) is 20.6. The average Bonchev–Trinajstić information content (AvgIpc) is 2.07. The van der Waals surface area contributed by atoms with Crippen LogP contribution in [0.25, 0.3) is 0 Å². The van der Waals surface area contributed by atoms with E-state index in [9.17, 15) is 34.6 Å². The van der Waals surface area contributed by atoms with Crippen LogP contribution in [0.3, 0.4) is 0 Å². The third kappa shape index (κ3) is 3.36. The van der Waals surface area contributed by atoms with E-state index < -0.39 is 61.8 Å². The maximum absolute atomic E-state index is 11.3. The summed E-state index contributed by atoms with van der Waals surface area (Å²) in [6, 6.07) is 0. The number of carboxylic acid groups (broad SMARTS) is 1. The summed E-state index contributed by atoms with van der Waals surface area (Å²) in [5.41, 5.74) is 0. The Labute approximate surface area is 129 Å². The van der Waals surface area contributed by atoms with E-state index in [4.69, 9.17) is 18.8 Å². The molecule has 3 unspecified atom stereocenters. The standard InChI is InChI=1S/C5H11NO12S4/c1-6(2,4(21(13,14)15)22(16,17)18)5(3(7)8,19(9)10)20(11)12/h4H,1-2H3,(H4-,7,8,9,10,11,12,13,14,15,16,17,18). The van der Waals surface area contributed by atoms with Crippen molar-refractivity contribution < 1.29 is 57.8 Å². The molecule has 22 heavy (non-hydrogen) atoms. The molecule has 0 saturated heterocycles. The fourth-order valence-corrected chi connectivity index (χ4v) is 6.69. The monoisotopic (exact) mass is 405 g/mol. The first kappa shape index (κ1) is 21.5. The van der Waals surface area contributed by atoms with E-state index in [1.807, 2.05) is 0 Å². The lowest BCUT2D eigenvalue weighted by Gasteiger charge is -2.43. The molecule has 0 aromatic heterocycles. The van der Waals surface area contributed by atoms with Gasteiger partial charge in [0, 0.05) is 0 Å². The van der Waals surface area contributed by atoms with Gasteiger partial charge in [0.1, 0.15) is 0 Å². The molecule has 0 radical (unpaired) electrons. The van der Waals surface area contributed by atoms with Crippen LogP contribution >= 0.6 is 0 Å². The van der Waals surface area contributed by atoms with Gasteiger partial charge in [-0.25, -0.2) is 21.6 Å². The van der Waals surface area contributed by atoms with Crippen LogP contribution in [0.15, 0.2) is 0 Å². The molecule has 0 aliphatic carbocycles. The quantitative estimate of drug-likeness (QED) is 0.188. The van der Waals surface area contributed by atoms with Crippen LogP contribution in [-0.2, 0) is 47.2 Å². The molecule has 0 heterocycles. The Bertz CT molecular complexity index is 651. The van der Waals surface area contributed by atoms with Gasteiger partial charge < -0.3 is 9.66 Å². The molecule has 0 spiro atoms. The lowest BCUT2D eigenvalue weighted by molar-refractivity contribution is -0.901. The Morgan fingerprint density at radius 3 is 1.59 bits per heavy atom. The van der Waals surface area contributed by atoms with E-state index in [0.29, 0.717) is 14.1 Å². The minimum atomic E-state index is -6.03. The van der Waals surface area contributed by atoms with Crippen molar-refractivity contribution >= 4 is 48.4 Å². The molecule has 4 N–H and O–H groups in total. The molecule has 0 fully saturated rings. The Morgan fingerprint density at radius 2 is 1.45 bits per heavy atom. The van der Waals surface area contributed by atoms with E-state index in [1.54, 1.807) is 0 Å². The number of quaternary nitrogens is 1. The largest absolute Gasteiger partial charge is 0.743 e.